The fraction of sp³-hybridized carbons (Fsp3) is 0.696. The van der Waals surface area contributed by atoms with E-state index in [4.69, 9.17) is 9.72 Å². The molecule has 31 heavy (non-hydrogen) atoms. The van der Waals surface area contributed by atoms with E-state index in [9.17, 15) is 9.59 Å². The van der Waals surface area contributed by atoms with E-state index in [0.29, 0.717) is 36.7 Å². The number of ether oxygens (including phenoxy) is 1. The van der Waals surface area contributed by atoms with Crippen molar-refractivity contribution in [2.75, 3.05) is 18.9 Å². The summed E-state index contributed by atoms with van der Waals surface area (Å²) in [5.41, 5.74) is 1.27. The van der Waals surface area contributed by atoms with Gasteiger partial charge < -0.3 is 10.1 Å². The van der Waals surface area contributed by atoms with Crippen LogP contribution in [0, 0.1) is 11.8 Å². The summed E-state index contributed by atoms with van der Waals surface area (Å²) in [7, 11) is 0. The highest BCUT2D eigenvalue weighted by molar-refractivity contribution is 7.99. The van der Waals surface area contributed by atoms with Gasteiger partial charge in [0.25, 0.3) is 5.56 Å². The Labute approximate surface area is 193 Å². The van der Waals surface area contributed by atoms with Crippen LogP contribution in [-0.2, 0) is 28.9 Å². The second-order valence-electron chi connectivity index (χ2n) is 9.15. The first kappa shape index (κ1) is 24.3. The molecule has 0 fully saturated rings. The van der Waals surface area contributed by atoms with Crippen LogP contribution in [0.4, 0.5) is 0 Å². The second kappa shape index (κ2) is 11.0. The summed E-state index contributed by atoms with van der Waals surface area (Å²) in [4.78, 5) is 32.8. The van der Waals surface area contributed by atoms with E-state index in [1.54, 1.807) is 15.9 Å². The number of nitrogens with zero attached hydrogens (tertiary/aromatic N) is 2. The number of rotatable bonds is 10. The molecular weight excluding hydrogens is 430 g/mol. The summed E-state index contributed by atoms with van der Waals surface area (Å²) in [5.74, 6) is 1.19. The average molecular weight is 466 g/mol. The van der Waals surface area contributed by atoms with E-state index in [-0.39, 0.29) is 23.3 Å². The first-order valence-corrected chi connectivity index (χ1v) is 13.1. The van der Waals surface area contributed by atoms with E-state index in [0.717, 1.165) is 35.9 Å². The molecule has 1 atom stereocenters. The summed E-state index contributed by atoms with van der Waals surface area (Å²) in [6, 6.07) is 0. The van der Waals surface area contributed by atoms with Crippen molar-refractivity contribution in [2.45, 2.75) is 78.1 Å². The number of fused-ring (bicyclic) bond motifs is 3. The molecule has 3 rings (SSSR count). The fourth-order valence-electron chi connectivity index (χ4n) is 3.84. The molecule has 2 heterocycles. The van der Waals surface area contributed by atoms with Gasteiger partial charge in [-0.15, -0.1) is 11.3 Å². The Hall–Kier alpha value is -1.38. The zero-order chi connectivity index (χ0) is 22.5. The lowest BCUT2D eigenvalue weighted by Crippen LogP contribution is -2.29. The Bertz CT molecular complexity index is 965. The largest absolute Gasteiger partial charge is 0.379 e. The van der Waals surface area contributed by atoms with Gasteiger partial charge in [-0.3, -0.25) is 14.2 Å². The smallest absolute Gasteiger partial charge is 0.263 e. The quantitative estimate of drug-likeness (QED) is 0.322. The minimum absolute atomic E-state index is 0.0423. The predicted molar refractivity (Wildman–Crippen MR) is 129 cm³/mol. The van der Waals surface area contributed by atoms with Crippen LogP contribution in [0.5, 0.6) is 0 Å². The highest BCUT2D eigenvalue weighted by atomic mass is 32.2. The zero-order valence-electron chi connectivity index (χ0n) is 19.3. The molecule has 8 heteroatoms. The van der Waals surface area contributed by atoms with Gasteiger partial charge in [-0.05, 0) is 56.9 Å². The summed E-state index contributed by atoms with van der Waals surface area (Å²) in [5, 5.41) is 4.39. The number of aryl methyl sites for hydroxylation is 1. The van der Waals surface area contributed by atoms with Gasteiger partial charge in [0.05, 0.1) is 17.2 Å². The molecule has 1 amide bonds. The third-order valence-electron chi connectivity index (χ3n) is 5.35. The van der Waals surface area contributed by atoms with Crippen LogP contribution < -0.4 is 10.9 Å². The molecule has 1 aliphatic carbocycles. The van der Waals surface area contributed by atoms with Crippen LogP contribution in [-0.4, -0.2) is 40.5 Å². The lowest BCUT2D eigenvalue weighted by Gasteiger charge is -2.18. The average Bonchev–Trinajstić information content (AvgIpc) is 3.05. The minimum atomic E-state index is -0.0423. The third kappa shape index (κ3) is 6.33. The van der Waals surface area contributed by atoms with Crippen molar-refractivity contribution < 1.29 is 9.53 Å². The number of carbonyl (C=O) groups is 1. The minimum Gasteiger partial charge on any atom is -0.379 e. The fourth-order valence-corrected chi connectivity index (χ4v) is 6.10. The number of aromatic nitrogens is 2. The van der Waals surface area contributed by atoms with Gasteiger partial charge >= 0.3 is 0 Å². The van der Waals surface area contributed by atoms with Gasteiger partial charge in [0.2, 0.25) is 5.91 Å². The first-order valence-electron chi connectivity index (χ1n) is 11.3. The molecule has 0 saturated heterocycles. The second-order valence-corrected chi connectivity index (χ2v) is 11.2. The molecule has 2 aromatic heterocycles. The van der Waals surface area contributed by atoms with Gasteiger partial charge in [-0.25, -0.2) is 4.98 Å². The van der Waals surface area contributed by atoms with Gasteiger partial charge in [-0.2, -0.15) is 0 Å². The van der Waals surface area contributed by atoms with Gasteiger partial charge in [0.15, 0.2) is 5.16 Å². The lowest BCUT2D eigenvalue weighted by atomic mass is 9.89. The van der Waals surface area contributed by atoms with Crippen LogP contribution in [0.2, 0.25) is 0 Å². The zero-order valence-corrected chi connectivity index (χ0v) is 21.0. The predicted octanol–water partition coefficient (Wildman–Crippen LogP) is 4.26. The molecule has 1 N–H and O–H groups in total. The molecule has 0 spiro atoms. The molecule has 2 aromatic rings. The van der Waals surface area contributed by atoms with E-state index >= 15 is 0 Å². The molecule has 1 unspecified atom stereocenters. The van der Waals surface area contributed by atoms with Gasteiger partial charge in [0.1, 0.15) is 4.83 Å². The van der Waals surface area contributed by atoms with E-state index in [1.807, 2.05) is 13.8 Å². The Morgan fingerprint density at radius 2 is 2.13 bits per heavy atom. The highest BCUT2D eigenvalue weighted by Gasteiger charge is 2.25. The molecule has 0 bridgehead atoms. The molecular formula is C23H35N3O3S2. The van der Waals surface area contributed by atoms with Crippen molar-refractivity contribution in [3.05, 3.63) is 20.8 Å². The summed E-state index contributed by atoms with van der Waals surface area (Å²) >= 11 is 3.02. The maximum atomic E-state index is 13.4. The molecule has 1 aliphatic rings. The number of amides is 1. The normalized spacial score (nSPS) is 16.3. The highest BCUT2D eigenvalue weighted by Crippen LogP contribution is 2.36. The van der Waals surface area contributed by atoms with E-state index in [2.05, 4.69) is 26.1 Å². The standard InChI is InChI=1S/C23H35N3O3S2/c1-14(2)12-26-22(28)20-17-8-7-16(5)11-18(17)31-21(20)25-23(26)30-13-19(27)24-9-6-10-29-15(3)4/h14-16H,6-13H2,1-5H3,(H,24,27). The molecule has 0 aromatic carbocycles. The van der Waals surface area contributed by atoms with Crippen molar-refractivity contribution >= 4 is 39.2 Å². The number of thioether (sulfide) groups is 1. The number of thiophene rings is 1. The number of hydrogen-bond donors (Lipinski definition) is 1. The molecule has 0 radical (unpaired) electrons. The van der Waals surface area contributed by atoms with Gasteiger partial charge in [-0.1, -0.05) is 32.5 Å². The first-order chi connectivity index (χ1) is 14.8. The van der Waals surface area contributed by atoms with Crippen LogP contribution >= 0.6 is 23.1 Å². The van der Waals surface area contributed by atoms with Gasteiger partial charge in [0, 0.05) is 24.6 Å². The Kier molecular flexibility index (Phi) is 8.58. The van der Waals surface area contributed by atoms with Crippen molar-refractivity contribution in [1.82, 2.24) is 14.9 Å². The van der Waals surface area contributed by atoms with Crippen LogP contribution in [0.15, 0.2) is 9.95 Å². The van der Waals surface area contributed by atoms with Crippen LogP contribution in [0.3, 0.4) is 0 Å². The van der Waals surface area contributed by atoms with Crippen LogP contribution in [0.25, 0.3) is 10.2 Å². The third-order valence-corrected chi connectivity index (χ3v) is 7.48. The Morgan fingerprint density at radius 1 is 1.35 bits per heavy atom. The van der Waals surface area contributed by atoms with Crippen molar-refractivity contribution in [1.29, 1.82) is 0 Å². The van der Waals surface area contributed by atoms with Crippen molar-refractivity contribution in [3.63, 3.8) is 0 Å². The Balaban J connectivity index is 1.74. The van der Waals surface area contributed by atoms with E-state index in [1.165, 1.54) is 22.2 Å². The molecule has 0 aliphatic heterocycles. The molecule has 0 saturated carbocycles. The number of hydrogen-bond acceptors (Lipinski definition) is 6. The topological polar surface area (TPSA) is 73.2 Å². The SMILES string of the molecule is CC(C)Cn1c(SCC(=O)NCCCOC(C)C)nc2sc3c(c2c1=O)CCC(C)C3. The van der Waals surface area contributed by atoms with Crippen molar-refractivity contribution in [2.24, 2.45) is 11.8 Å². The Morgan fingerprint density at radius 3 is 2.84 bits per heavy atom. The summed E-state index contributed by atoms with van der Waals surface area (Å²) in [6.07, 6.45) is 4.11. The maximum Gasteiger partial charge on any atom is 0.263 e. The van der Waals surface area contributed by atoms with Crippen molar-refractivity contribution in [3.8, 4) is 0 Å². The van der Waals surface area contributed by atoms with E-state index < -0.39 is 0 Å². The monoisotopic (exact) mass is 465 g/mol. The molecule has 172 valence electrons. The van der Waals surface area contributed by atoms with Crippen LogP contribution in [0.1, 0.15) is 57.9 Å². The number of carbonyl (C=O) groups excluding carboxylic acids is 1. The lowest BCUT2D eigenvalue weighted by molar-refractivity contribution is -0.118. The maximum absolute atomic E-state index is 13.4. The molecule has 6 nitrogen and oxygen atoms in total. The summed E-state index contributed by atoms with van der Waals surface area (Å²) in [6.45, 7) is 12.3. The summed E-state index contributed by atoms with van der Waals surface area (Å²) < 4.78 is 7.28. The number of nitrogens with one attached hydrogen (secondary N) is 1.